The van der Waals surface area contributed by atoms with Crippen LogP contribution in [0.4, 0.5) is 0 Å². The minimum absolute atomic E-state index is 0.177. The molecule has 0 atom stereocenters. The molecule has 0 radical (unpaired) electrons. The van der Waals surface area contributed by atoms with E-state index in [-0.39, 0.29) is 5.41 Å². The molecule has 1 heteroatoms. The lowest BCUT2D eigenvalue weighted by atomic mass is 9.84. The second-order valence-electron chi connectivity index (χ2n) is 5.07. The van der Waals surface area contributed by atoms with Crippen molar-refractivity contribution < 1.29 is 0 Å². The highest BCUT2D eigenvalue weighted by Gasteiger charge is 2.16. The molecule has 0 aliphatic carbocycles. The largest absolute Gasteiger partial charge is 0.253 e. The SMILES string of the molecule is CC.Cc1ccc2c(C(C)(C)C)cccc2n1. The average molecular weight is 229 g/mol. The summed E-state index contributed by atoms with van der Waals surface area (Å²) in [5.74, 6) is 0. The van der Waals surface area contributed by atoms with Gasteiger partial charge in [-0.05, 0) is 30.0 Å². The van der Waals surface area contributed by atoms with Crippen LogP contribution in [-0.2, 0) is 5.41 Å². The Morgan fingerprint density at radius 2 is 1.59 bits per heavy atom. The van der Waals surface area contributed by atoms with Gasteiger partial charge in [-0.15, -0.1) is 0 Å². The summed E-state index contributed by atoms with van der Waals surface area (Å²) < 4.78 is 0. The van der Waals surface area contributed by atoms with Crippen molar-refractivity contribution in [1.82, 2.24) is 4.98 Å². The number of rotatable bonds is 0. The van der Waals surface area contributed by atoms with Crippen molar-refractivity contribution in [3.05, 3.63) is 41.6 Å². The van der Waals surface area contributed by atoms with Crippen molar-refractivity contribution in [2.24, 2.45) is 0 Å². The maximum Gasteiger partial charge on any atom is 0.0708 e. The zero-order valence-corrected chi connectivity index (χ0v) is 11.8. The normalized spacial score (nSPS) is 10.9. The van der Waals surface area contributed by atoms with Gasteiger partial charge in [-0.1, -0.05) is 52.8 Å². The minimum atomic E-state index is 0.177. The quantitative estimate of drug-likeness (QED) is 0.628. The molecule has 92 valence electrons. The van der Waals surface area contributed by atoms with Gasteiger partial charge in [-0.2, -0.15) is 0 Å². The molecule has 1 heterocycles. The molecule has 0 N–H and O–H groups in total. The van der Waals surface area contributed by atoms with Crippen LogP contribution >= 0.6 is 0 Å². The highest BCUT2D eigenvalue weighted by molar-refractivity contribution is 5.83. The lowest BCUT2D eigenvalue weighted by molar-refractivity contribution is 0.596. The molecule has 0 saturated carbocycles. The van der Waals surface area contributed by atoms with Crippen LogP contribution in [0.5, 0.6) is 0 Å². The number of aryl methyl sites for hydroxylation is 1. The van der Waals surface area contributed by atoms with Crippen molar-refractivity contribution in [1.29, 1.82) is 0 Å². The van der Waals surface area contributed by atoms with Crippen LogP contribution in [0.25, 0.3) is 10.9 Å². The first-order chi connectivity index (χ1) is 7.98. The molecule has 0 unspecified atom stereocenters. The second-order valence-corrected chi connectivity index (χ2v) is 5.07. The van der Waals surface area contributed by atoms with Crippen LogP contribution < -0.4 is 0 Å². The Balaban J connectivity index is 0.000000686. The van der Waals surface area contributed by atoms with E-state index in [2.05, 4.69) is 56.1 Å². The maximum absolute atomic E-state index is 4.55. The summed E-state index contributed by atoms with van der Waals surface area (Å²) >= 11 is 0. The number of benzene rings is 1. The number of nitrogens with zero attached hydrogens (tertiary/aromatic N) is 1. The first-order valence-corrected chi connectivity index (χ1v) is 6.35. The molecule has 0 amide bonds. The van der Waals surface area contributed by atoms with Gasteiger partial charge in [-0.3, -0.25) is 4.98 Å². The lowest BCUT2D eigenvalue weighted by Crippen LogP contribution is -2.11. The van der Waals surface area contributed by atoms with Crippen molar-refractivity contribution >= 4 is 10.9 Å². The molecule has 0 saturated heterocycles. The predicted molar refractivity (Wildman–Crippen MR) is 76.5 cm³/mol. The van der Waals surface area contributed by atoms with Crippen molar-refractivity contribution in [3.8, 4) is 0 Å². The van der Waals surface area contributed by atoms with Gasteiger partial charge in [0, 0.05) is 11.1 Å². The highest BCUT2D eigenvalue weighted by Crippen LogP contribution is 2.29. The van der Waals surface area contributed by atoms with E-state index in [9.17, 15) is 0 Å². The van der Waals surface area contributed by atoms with Crippen LogP contribution in [-0.4, -0.2) is 4.98 Å². The fourth-order valence-corrected chi connectivity index (χ4v) is 1.91. The molecule has 2 rings (SSSR count). The van der Waals surface area contributed by atoms with Crippen LogP contribution in [0.15, 0.2) is 30.3 Å². The topological polar surface area (TPSA) is 12.9 Å². The molecule has 1 aromatic carbocycles. The summed E-state index contributed by atoms with van der Waals surface area (Å²) in [4.78, 5) is 4.55. The standard InChI is InChI=1S/C14H17N.C2H6/c1-10-8-9-11-12(14(2,3)4)6-5-7-13(11)15-10;1-2/h5-9H,1-4H3;1-2H3. The zero-order chi connectivity index (χ0) is 13.1. The Morgan fingerprint density at radius 1 is 0.941 bits per heavy atom. The summed E-state index contributed by atoms with van der Waals surface area (Å²) in [7, 11) is 0. The first kappa shape index (κ1) is 13.7. The summed E-state index contributed by atoms with van der Waals surface area (Å²) in [6, 6.07) is 10.6. The van der Waals surface area contributed by atoms with Crippen LogP contribution in [0.3, 0.4) is 0 Å². The van der Waals surface area contributed by atoms with Crippen LogP contribution in [0.2, 0.25) is 0 Å². The number of hydrogen-bond donors (Lipinski definition) is 0. The maximum atomic E-state index is 4.55. The van der Waals surface area contributed by atoms with E-state index in [1.165, 1.54) is 10.9 Å². The molecular weight excluding hydrogens is 206 g/mol. The van der Waals surface area contributed by atoms with E-state index in [0.717, 1.165) is 11.2 Å². The Bertz CT molecular complexity index is 492. The van der Waals surface area contributed by atoms with Gasteiger partial charge in [0.05, 0.1) is 5.52 Å². The van der Waals surface area contributed by atoms with Crippen molar-refractivity contribution in [2.45, 2.75) is 47.0 Å². The van der Waals surface area contributed by atoms with Crippen LogP contribution in [0, 0.1) is 6.92 Å². The Kier molecular flexibility index (Phi) is 4.28. The van der Waals surface area contributed by atoms with Gasteiger partial charge >= 0.3 is 0 Å². The molecule has 0 bridgehead atoms. The zero-order valence-electron chi connectivity index (χ0n) is 11.8. The average Bonchev–Trinajstić information content (AvgIpc) is 2.29. The number of aromatic nitrogens is 1. The van der Waals surface area contributed by atoms with Gasteiger partial charge in [0.25, 0.3) is 0 Å². The van der Waals surface area contributed by atoms with Crippen LogP contribution in [0.1, 0.15) is 45.9 Å². The Hall–Kier alpha value is -1.37. The van der Waals surface area contributed by atoms with Gasteiger partial charge in [0.2, 0.25) is 0 Å². The lowest BCUT2D eigenvalue weighted by Gasteiger charge is -2.21. The van der Waals surface area contributed by atoms with E-state index in [4.69, 9.17) is 0 Å². The molecular formula is C16H23N. The molecule has 0 aliphatic rings. The van der Waals surface area contributed by atoms with E-state index in [1.807, 2.05) is 20.8 Å². The molecule has 17 heavy (non-hydrogen) atoms. The second kappa shape index (κ2) is 5.31. The monoisotopic (exact) mass is 229 g/mol. The van der Waals surface area contributed by atoms with E-state index < -0.39 is 0 Å². The Morgan fingerprint density at radius 3 is 2.18 bits per heavy atom. The number of hydrogen-bond acceptors (Lipinski definition) is 1. The smallest absolute Gasteiger partial charge is 0.0708 e. The molecule has 0 spiro atoms. The first-order valence-electron chi connectivity index (χ1n) is 6.35. The van der Waals surface area contributed by atoms with Gasteiger partial charge in [-0.25, -0.2) is 0 Å². The third-order valence-corrected chi connectivity index (χ3v) is 2.68. The molecule has 1 aromatic heterocycles. The number of pyridine rings is 1. The van der Waals surface area contributed by atoms with Gasteiger partial charge < -0.3 is 0 Å². The molecule has 1 nitrogen and oxygen atoms in total. The van der Waals surface area contributed by atoms with Crippen molar-refractivity contribution in [3.63, 3.8) is 0 Å². The summed E-state index contributed by atoms with van der Waals surface area (Å²) in [5.41, 5.74) is 3.72. The minimum Gasteiger partial charge on any atom is -0.253 e. The summed E-state index contributed by atoms with van der Waals surface area (Å²) in [6.07, 6.45) is 0. The predicted octanol–water partition coefficient (Wildman–Crippen LogP) is 4.87. The summed E-state index contributed by atoms with van der Waals surface area (Å²) in [6.45, 7) is 12.7. The Labute approximate surface area is 105 Å². The molecule has 0 aliphatic heterocycles. The fourth-order valence-electron chi connectivity index (χ4n) is 1.91. The van der Waals surface area contributed by atoms with Crippen molar-refractivity contribution in [2.75, 3.05) is 0 Å². The fraction of sp³-hybridized carbons (Fsp3) is 0.438. The highest BCUT2D eigenvalue weighted by atomic mass is 14.7. The van der Waals surface area contributed by atoms with E-state index in [0.29, 0.717) is 0 Å². The summed E-state index contributed by atoms with van der Waals surface area (Å²) in [5, 5.41) is 1.27. The molecule has 0 fully saturated rings. The number of fused-ring (bicyclic) bond motifs is 1. The van der Waals surface area contributed by atoms with Gasteiger partial charge in [0.1, 0.15) is 0 Å². The van der Waals surface area contributed by atoms with E-state index in [1.54, 1.807) is 0 Å². The molecule has 2 aromatic rings. The third kappa shape index (κ3) is 3.06. The van der Waals surface area contributed by atoms with Gasteiger partial charge in [0.15, 0.2) is 0 Å². The van der Waals surface area contributed by atoms with E-state index >= 15 is 0 Å². The third-order valence-electron chi connectivity index (χ3n) is 2.68.